The second kappa shape index (κ2) is 8.13. The van der Waals surface area contributed by atoms with Gasteiger partial charge in [-0.2, -0.15) is 4.31 Å². The summed E-state index contributed by atoms with van der Waals surface area (Å²) in [7, 11) is -8.08. The third kappa shape index (κ3) is 3.78. The van der Waals surface area contributed by atoms with E-state index in [1.165, 1.54) is 28.6 Å². The number of anilines is 1. The molecule has 2 heterocycles. The van der Waals surface area contributed by atoms with Gasteiger partial charge in [-0.3, -0.25) is 9.10 Å². The van der Waals surface area contributed by atoms with E-state index in [1.807, 2.05) is 0 Å². The number of carboxylic acid groups (broad SMARTS) is 1. The molecule has 32 heavy (non-hydrogen) atoms. The average Bonchev–Trinajstić information content (AvgIpc) is 3.36. The summed E-state index contributed by atoms with van der Waals surface area (Å²) in [5.41, 5.74) is 0.488. The predicted molar refractivity (Wildman–Crippen MR) is 115 cm³/mol. The van der Waals surface area contributed by atoms with Gasteiger partial charge in [0, 0.05) is 19.0 Å². The average molecular weight is 483 g/mol. The molecule has 172 valence electrons. The first-order valence-electron chi connectivity index (χ1n) is 10.2. The van der Waals surface area contributed by atoms with Gasteiger partial charge >= 0.3 is 5.97 Å². The summed E-state index contributed by atoms with van der Waals surface area (Å²) in [5, 5.41) is 9.29. The normalized spacial score (nSPS) is 21.6. The monoisotopic (exact) mass is 482 g/mol. The molecule has 0 aliphatic carbocycles. The SMILES string of the molecule is CC1C(CC(=O)O)c2cc(F)ccc2N1S(=O)(=O)c1cccc(S(=O)(=O)N2CCCC2)c1. The van der Waals surface area contributed by atoms with Gasteiger partial charge in [-0.15, -0.1) is 0 Å². The lowest BCUT2D eigenvalue weighted by Gasteiger charge is -2.27. The van der Waals surface area contributed by atoms with Crippen LogP contribution in [0.15, 0.2) is 52.3 Å². The van der Waals surface area contributed by atoms with Crippen molar-refractivity contribution in [1.82, 2.24) is 4.31 Å². The van der Waals surface area contributed by atoms with Crippen LogP contribution < -0.4 is 4.31 Å². The van der Waals surface area contributed by atoms with Gasteiger partial charge in [0.25, 0.3) is 10.0 Å². The number of halogens is 1. The van der Waals surface area contributed by atoms with E-state index in [-0.39, 0.29) is 21.9 Å². The third-order valence-corrected chi connectivity index (χ3v) is 9.83. The summed E-state index contributed by atoms with van der Waals surface area (Å²) in [5.74, 6) is -2.47. The fraction of sp³-hybridized carbons (Fsp3) is 0.381. The molecular formula is C21H23FN2O6S2. The molecule has 11 heteroatoms. The molecular weight excluding hydrogens is 459 g/mol. The van der Waals surface area contributed by atoms with Crippen molar-refractivity contribution in [2.75, 3.05) is 17.4 Å². The van der Waals surface area contributed by atoms with Gasteiger partial charge in [0.1, 0.15) is 5.82 Å². The highest BCUT2D eigenvalue weighted by Crippen LogP contribution is 2.46. The van der Waals surface area contributed by atoms with Crippen LogP contribution in [0.5, 0.6) is 0 Å². The van der Waals surface area contributed by atoms with E-state index in [9.17, 15) is 31.1 Å². The Balaban J connectivity index is 1.78. The first kappa shape index (κ1) is 22.7. The summed E-state index contributed by atoms with van der Waals surface area (Å²) >= 11 is 0. The molecule has 0 spiro atoms. The second-order valence-electron chi connectivity index (χ2n) is 8.04. The van der Waals surface area contributed by atoms with Crippen LogP contribution in [0.2, 0.25) is 0 Å². The minimum atomic E-state index is -4.25. The lowest BCUT2D eigenvalue weighted by atomic mass is 9.93. The van der Waals surface area contributed by atoms with Gasteiger partial charge < -0.3 is 5.11 Å². The molecule has 2 aliphatic rings. The molecule has 1 N–H and O–H groups in total. The smallest absolute Gasteiger partial charge is 0.304 e. The standard InChI is InChI=1S/C21H23FN2O6S2/c1-14-18(13-21(25)26)19-11-15(22)7-8-20(19)24(14)32(29,30)17-6-4-5-16(12-17)31(27,28)23-9-2-3-10-23/h4-8,11-12,14,18H,2-3,9-10,13H2,1H3,(H,25,26). The minimum absolute atomic E-state index is 0.117. The molecule has 0 aromatic heterocycles. The van der Waals surface area contributed by atoms with Crippen LogP contribution in [-0.2, 0) is 24.8 Å². The van der Waals surface area contributed by atoms with Gasteiger partial charge in [0.15, 0.2) is 0 Å². The first-order chi connectivity index (χ1) is 15.0. The molecule has 2 unspecified atom stereocenters. The Morgan fingerprint density at radius 3 is 2.28 bits per heavy atom. The summed E-state index contributed by atoms with van der Waals surface area (Å²) in [4.78, 5) is 11.0. The van der Waals surface area contributed by atoms with E-state index < -0.39 is 43.8 Å². The van der Waals surface area contributed by atoms with Gasteiger partial charge in [0.2, 0.25) is 10.0 Å². The fourth-order valence-electron chi connectivity index (χ4n) is 4.47. The maximum atomic E-state index is 13.9. The molecule has 0 bridgehead atoms. The molecule has 8 nitrogen and oxygen atoms in total. The summed E-state index contributed by atoms with van der Waals surface area (Å²) in [6, 6.07) is 7.95. The zero-order valence-corrected chi connectivity index (χ0v) is 18.9. The Hall–Kier alpha value is -2.50. The third-order valence-electron chi connectivity index (χ3n) is 6.04. The number of carboxylic acids is 1. The predicted octanol–water partition coefficient (Wildman–Crippen LogP) is 2.77. The van der Waals surface area contributed by atoms with Gasteiger partial charge in [-0.1, -0.05) is 6.07 Å². The highest BCUT2D eigenvalue weighted by Gasteiger charge is 2.43. The van der Waals surface area contributed by atoms with Crippen LogP contribution in [-0.4, -0.2) is 51.3 Å². The van der Waals surface area contributed by atoms with Crippen LogP contribution in [0, 0.1) is 5.82 Å². The topological polar surface area (TPSA) is 112 Å². The van der Waals surface area contributed by atoms with Crippen molar-refractivity contribution in [2.24, 2.45) is 0 Å². The van der Waals surface area contributed by atoms with Gasteiger partial charge in [-0.05, 0) is 61.7 Å². The van der Waals surface area contributed by atoms with E-state index >= 15 is 0 Å². The number of sulfonamides is 2. The Morgan fingerprint density at radius 2 is 1.66 bits per heavy atom. The lowest BCUT2D eigenvalue weighted by molar-refractivity contribution is -0.137. The van der Waals surface area contributed by atoms with E-state index in [1.54, 1.807) is 6.92 Å². The largest absolute Gasteiger partial charge is 0.481 e. The second-order valence-corrected chi connectivity index (χ2v) is 11.8. The molecule has 0 amide bonds. The van der Waals surface area contributed by atoms with Crippen molar-refractivity contribution in [2.45, 2.75) is 47.9 Å². The maximum Gasteiger partial charge on any atom is 0.304 e. The van der Waals surface area contributed by atoms with Crippen LogP contribution in [0.1, 0.15) is 37.7 Å². The molecule has 0 radical (unpaired) electrons. The summed E-state index contributed by atoms with van der Waals surface area (Å²) in [6.07, 6.45) is 1.13. The molecule has 1 saturated heterocycles. The summed E-state index contributed by atoms with van der Waals surface area (Å²) < 4.78 is 69.3. The Kier molecular flexibility index (Phi) is 5.76. The zero-order valence-electron chi connectivity index (χ0n) is 17.3. The van der Waals surface area contributed by atoms with Crippen molar-refractivity contribution >= 4 is 31.7 Å². The quantitative estimate of drug-likeness (QED) is 0.678. The summed E-state index contributed by atoms with van der Waals surface area (Å²) in [6.45, 7) is 2.34. The van der Waals surface area contributed by atoms with E-state index in [0.29, 0.717) is 18.7 Å². The number of fused-ring (bicyclic) bond motifs is 1. The molecule has 1 fully saturated rings. The maximum absolute atomic E-state index is 13.9. The van der Waals surface area contributed by atoms with Crippen molar-refractivity contribution < 1.29 is 31.1 Å². The number of hydrogen-bond acceptors (Lipinski definition) is 5. The number of rotatable bonds is 6. The molecule has 2 atom stereocenters. The number of nitrogens with zero attached hydrogens (tertiary/aromatic N) is 2. The van der Waals surface area contributed by atoms with Crippen molar-refractivity contribution in [3.63, 3.8) is 0 Å². The zero-order chi connectivity index (χ0) is 23.3. The molecule has 2 aliphatic heterocycles. The Morgan fingerprint density at radius 1 is 1.03 bits per heavy atom. The minimum Gasteiger partial charge on any atom is -0.481 e. The highest BCUT2D eigenvalue weighted by atomic mass is 32.2. The van der Waals surface area contributed by atoms with Crippen LogP contribution in [0.25, 0.3) is 0 Å². The van der Waals surface area contributed by atoms with Crippen molar-refractivity contribution in [3.8, 4) is 0 Å². The Labute approximate surface area is 186 Å². The van der Waals surface area contributed by atoms with Crippen molar-refractivity contribution in [1.29, 1.82) is 0 Å². The van der Waals surface area contributed by atoms with Crippen molar-refractivity contribution in [3.05, 3.63) is 53.8 Å². The van der Waals surface area contributed by atoms with Crippen LogP contribution >= 0.6 is 0 Å². The van der Waals surface area contributed by atoms with E-state index in [4.69, 9.17) is 0 Å². The molecule has 4 rings (SSSR count). The molecule has 2 aromatic carbocycles. The van der Waals surface area contributed by atoms with Gasteiger partial charge in [0.05, 0.1) is 27.9 Å². The molecule has 2 aromatic rings. The number of aliphatic carboxylic acids is 1. The Bertz CT molecular complexity index is 1270. The number of carbonyl (C=O) groups is 1. The first-order valence-corrected chi connectivity index (χ1v) is 13.1. The highest BCUT2D eigenvalue weighted by molar-refractivity contribution is 7.93. The fourth-order valence-corrected chi connectivity index (χ4v) is 7.87. The van der Waals surface area contributed by atoms with Gasteiger partial charge in [-0.25, -0.2) is 21.2 Å². The number of hydrogen-bond donors (Lipinski definition) is 1. The van der Waals surface area contributed by atoms with Crippen LogP contribution in [0.3, 0.4) is 0 Å². The van der Waals surface area contributed by atoms with E-state index in [0.717, 1.165) is 35.3 Å². The molecule has 0 saturated carbocycles. The van der Waals surface area contributed by atoms with Crippen LogP contribution in [0.4, 0.5) is 10.1 Å². The lowest BCUT2D eigenvalue weighted by Crippen LogP contribution is -2.37. The number of benzene rings is 2. The van der Waals surface area contributed by atoms with E-state index in [2.05, 4.69) is 0 Å².